The molecule has 0 heterocycles. The molecule has 3 aliphatic rings. The second kappa shape index (κ2) is 2.27. The van der Waals surface area contributed by atoms with Gasteiger partial charge in [-0.1, -0.05) is 13.8 Å². The third-order valence-electron chi connectivity index (χ3n) is 5.31. The van der Waals surface area contributed by atoms with Crippen molar-refractivity contribution in [2.24, 2.45) is 35.5 Å². The van der Waals surface area contributed by atoms with Crippen molar-refractivity contribution in [1.82, 2.24) is 0 Å². The molecule has 2 bridgehead atoms. The molecular formula is C12H20. The Bertz CT molecular complexity index is 194. The van der Waals surface area contributed by atoms with Crippen LogP contribution < -0.4 is 0 Å². The molecule has 0 aromatic rings. The predicted octanol–water partition coefficient (Wildman–Crippen LogP) is 3.32. The summed E-state index contributed by atoms with van der Waals surface area (Å²) in [6, 6.07) is 0. The van der Waals surface area contributed by atoms with Crippen molar-refractivity contribution in [3.8, 4) is 0 Å². The number of hydrogen-bond donors (Lipinski definition) is 0. The highest BCUT2D eigenvalue weighted by molar-refractivity contribution is 5.03. The molecule has 3 saturated carbocycles. The molecule has 0 aromatic heterocycles. The first-order chi connectivity index (χ1) is 5.77. The number of rotatable bonds is 0. The summed E-state index contributed by atoms with van der Waals surface area (Å²) in [5.74, 6) is 6.70. The van der Waals surface area contributed by atoms with Gasteiger partial charge in [-0.25, -0.2) is 0 Å². The summed E-state index contributed by atoms with van der Waals surface area (Å²) < 4.78 is 0. The van der Waals surface area contributed by atoms with Gasteiger partial charge in [0.25, 0.3) is 0 Å². The van der Waals surface area contributed by atoms with Crippen molar-refractivity contribution < 1.29 is 0 Å². The van der Waals surface area contributed by atoms with E-state index in [2.05, 4.69) is 13.8 Å². The van der Waals surface area contributed by atoms with Crippen LogP contribution in [-0.2, 0) is 0 Å². The Morgan fingerprint density at radius 3 is 2.42 bits per heavy atom. The molecule has 0 heteroatoms. The zero-order valence-electron chi connectivity index (χ0n) is 8.29. The maximum atomic E-state index is 2.51. The summed E-state index contributed by atoms with van der Waals surface area (Å²) >= 11 is 0. The van der Waals surface area contributed by atoms with Gasteiger partial charge in [-0.2, -0.15) is 0 Å². The lowest BCUT2D eigenvalue weighted by molar-refractivity contribution is 0.215. The summed E-state index contributed by atoms with van der Waals surface area (Å²) in [6.07, 6.45) is 6.31. The molecule has 0 aliphatic heterocycles. The monoisotopic (exact) mass is 164 g/mol. The van der Waals surface area contributed by atoms with E-state index in [1.54, 1.807) is 25.7 Å². The van der Waals surface area contributed by atoms with Gasteiger partial charge in [0.05, 0.1) is 0 Å². The summed E-state index contributed by atoms with van der Waals surface area (Å²) in [7, 11) is 0. The molecule has 3 aliphatic carbocycles. The van der Waals surface area contributed by atoms with Gasteiger partial charge in [-0.15, -0.1) is 0 Å². The lowest BCUT2D eigenvalue weighted by Crippen LogP contribution is -2.21. The van der Waals surface area contributed by atoms with Gasteiger partial charge in [-0.3, -0.25) is 0 Å². The maximum Gasteiger partial charge on any atom is -0.0326 e. The van der Waals surface area contributed by atoms with Crippen LogP contribution in [0.1, 0.15) is 39.5 Å². The smallest absolute Gasteiger partial charge is 0.0326 e. The predicted molar refractivity (Wildman–Crippen MR) is 50.8 cm³/mol. The van der Waals surface area contributed by atoms with Crippen LogP contribution in [0.5, 0.6) is 0 Å². The summed E-state index contributed by atoms with van der Waals surface area (Å²) in [6.45, 7) is 4.98. The Balaban J connectivity index is 1.90. The van der Waals surface area contributed by atoms with E-state index in [1.165, 1.54) is 0 Å². The van der Waals surface area contributed by atoms with E-state index in [1.807, 2.05) is 0 Å². The Morgan fingerprint density at radius 1 is 0.917 bits per heavy atom. The van der Waals surface area contributed by atoms with Crippen LogP contribution in [0.15, 0.2) is 0 Å². The molecule has 0 amide bonds. The van der Waals surface area contributed by atoms with Crippen LogP contribution >= 0.6 is 0 Å². The molecule has 0 spiro atoms. The Hall–Kier alpha value is 0. The molecule has 0 aromatic carbocycles. The van der Waals surface area contributed by atoms with E-state index in [0.29, 0.717) is 0 Å². The van der Waals surface area contributed by atoms with Crippen molar-refractivity contribution in [1.29, 1.82) is 0 Å². The lowest BCUT2D eigenvalue weighted by atomic mass is 9.78. The van der Waals surface area contributed by atoms with Crippen molar-refractivity contribution in [3.63, 3.8) is 0 Å². The highest BCUT2D eigenvalue weighted by Gasteiger charge is 2.53. The molecule has 12 heavy (non-hydrogen) atoms. The van der Waals surface area contributed by atoms with Gasteiger partial charge in [0.15, 0.2) is 0 Å². The fraction of sp³-hybridized carbons (Fsp3) is 1.00. The zero-order valence-corrected chi connectivity index (χ0v) is 8.29. The van der Waals surface area contributed by atoms with Crippen LogP contribution in [0.4, 0.5) is 0 Å². The molecule has 3 fully saturated rings. The fourth-order valence-corrected chi connectivity index (χ4v) is 4.65. The fourth-order valence-electron chi connectivity index (χ4n) is 4.65. The van der Waals surface area contributed by atoms with Crippen molar-refractivity contribution in [2.45, 2.75) is 39.5 Å². The molecule has 6 unspecified atom stereocenters. The second-order valence-corrected chi connectivity index (χ2v) is 5.65. The third-order valence-corrected chi connectivity index (χ3v) is 5.31. The molecule has 0 saturated heterocycles. The Labute approximate surface area is 75.7 Å². The van der Waals surface area contributed by atoms with Gasteiger partial charge in [-0.05, 0) is 61.2 Å². The zero-order chi connectivity index (χ0) is 8.29. The largest absolute Gasteiger partial charge is 0.0622 e. The van der Waals surface area contributed by atoms with Gasteiger partial charge < -0.3 is 0 Å². The molecule has 6 atom stereocenters. The SMILES string of the molecule is CC1CC2C3CCC(C3)C2C1C. The minimum atomic E-state index is 1.03. The maximum absolute atomic E-state index is 2.51. The van der Waals surface area contributed by atoms with Gasteiger partial charge in [0.1, 0.15) is 0 Å². The average molecular weight is 164 g/mol. The first-order valence-electron chi connectivity index (χ1n) is 5.77. The minimum Gasteiger partial charge on any atom is -0.0622 e. The first kappa shape index (κ1) is 7.41. The van der Waals surface area contributed by atoms with Crippen molar-refractivity contribution >= 4 is 0 Å². The van der Waals surface area contributed by atoms with Crippen molar-refractivity contribution in [2.75, 3.05) is 0 Å². The van der Waals surface area contributed by atoms with Crippen LogP contribution in [0.25, 0.3) is 0 Å². The van der Waals surface area contributed by atoms with Crippen LogP contribution in [0.3, 0.4) is 0 Å². The van der Waals surface area contributed by atoms with Gasteiger partial charge in [0.2, 0.25) is 0 Å². The van der Waals surface area contributed by atoms with E-state index in [-0.39, 0.29) is 0 Å². The van der Waals surface area contributed by atoms with Gasteiger partial charge >= 0.3 is 0 Å². The van der Waals surface area contributed by atoms with E-state index in [0.717, 1.165) is 35.5 Å². The quantitative estimate of drug-likeness (QED) is 0.515. The van der Waals surface area contributed by atoms with E-state index in [4.69, 9.17) is 0 Å². The summed E-state index contributed by atoms with van der Waals surface area (Å²) in [4.78, 5) is 0. The number of hydrogen-bond acceptors (Lipinski definition) is 0. The molecule has 3 rings (SSSR count). The normalized spacial score (nSPS) is 62.5. The first-order valence-corrected chi connectivity index (χ1v) is 5.77. The standard InChI is InChI=1S/C12H20/c1-7-5-11-9-3-4-10(6-9)12(11)8(7)2/h7-12H,3-6H2,1-2H3. The van der Waals surface area contributed by atoms with Crippen LogP contribution in [-0.4, -0.2) is 0 Å². The van der Waals surface area contributed by atoms with Gasteiger partial charge in [0, 0.05) is 0 Å². The highest BCUT2D eigenvalue weighted by Crippen LogP contribution is 2.61. The summed E-state index contributed by atoms with van der Waals surface area (Å²) in [5, 5.41) is 0. The topological polar surface area (TPSA) is 0 Å². The van der Waals surface area contributed by atoms with E-state index < -0.39 is 0 Å². The Morgan fingerprint density at radius 2 is 1.67 bits per heavy atom. The highest BCUT2D eigenvalue weighted by atomic mass is 14.6. The Kier molecular flexibility index (Phi) is 1.40. The molecular weight excluding hydrogens is 144 g/mol. The van der Waals surface area contributed by atoms with Crippen LogP contribution in [0.2, 0.25) is 0 Å². The average Bonchev–Trinajstić information content (AvgIpc) is 2.66. The summed E-state index contributed by atoms with van der Waals surface area (Å²) in [5.41, 5.74) is 0. The van der Waals surface area contributed by atoms with E-state index >= 15 is 0 Å². The van der Waals surface area contributed by atoms with Crippen LogP contribution in [0, 0.1) is 35.5 Å². The van der Waals surface area contributed by atoms with Crippen molar-refractivity contribution in [3.05, 3.63) is 0 Å². The minimum absolute atomic E-state index is 1.03. The van der Waals surface area contributed by atoms with E-state index in [9.17, 15) is 0 Å². The second-order valence-electron chi connectivity index (χ2n) is 5.65. The number of fused-ring (bicyclic) bond motifs is 5. The molecule has 0 nitrogen and oxygen atoms in total. The molecule has 0 N–H and O–H groups in total. The third kappa shape index (κ3) is 0.744. The lowest BCUT2D eigenvalue weighted by Gasteiger charge is -2.27. The molecule has 68 valence electrons. The molecule has 0 radical (unpaired) electrons.